The highest BCUT2D eigenvalue weighted by molar-refractivity contribution is 6.32. The molecule has 1 aliphatic heterocycles. The number of anilines is 2. The van der Waals surface area contributed by atoms with Gasteiger partial charge in [-0.15, -0.1) is 0 Å². The van der Waals surface area contributed by atoms with E-state index in [1.54, 1.807) is 23.1 Å². The van der Waals surface area contributed by atoms with Crippen LogP contribution in [0, 0.1) is 0 Å². The van der Waals surface area contributed by atoms with Gasteiger partial charge < -0.3 is 10.2 Å². The Labute approximate surface area is 145 Å². The molecule has 4 nitrogen and oxygen atoms in total. The van der Waals surface area contributed by atoms with Gasteiger partial charge in [0.15, 0.2) is 0 Å². The summed E-state index contributed by atoms with van der Waals surface area (Å²) in [7, 11) is 0. The van der Waals surface area contributed by atoms with Gasteiger partial charge in [0.2, 0.25) is 11.8 Å². The summed E-state index contributed by atoms with van der Waals surface area (Å²) in [5.74, 6) is -0.152. The molecule has 0 spiro atoms. The SMILES string of the molecule is CCN1C(=O)Cc2cc(NC(=O)/C=C/c3ccccc3Cl)ccc21. The predicted octanol–water partition coefficient (Wildman–Crippen LogP) is 3.90. The summed E-state index contributed by atoms with van der Waals surface area (Å²) in [4.78, 5) is 25.7. The first kappa shape index (κ1) is 16.3. The Balaban J connectivity index is 1.71. The zero-order valence-electron chi connectivity index (χ0n) is 13.3. The van der Waals surface area contributed by atoms with E-state index in [0.29, 0.717) is 23.7 Å². The summed E-state index contributed by atoms with van der Waals surface area (Å²) in [5.41, 5.74) is 3.32. The van der Waals surface area contributed by atoms with Gasteiger partial charge >= 0.3 is 0 Å². The van der Waals surface area contributed by atoms with E-state index in [1.165, 1.54) is 6.08 Å². The molecule has 2 aromatic rings. The van der Waals surface area contributed by atoms with E-state index in [9.17, 15) is 9.59 Å². The molecule has 0 aliphatic carbocycles. The maximum atomic E-state index is 12.1. The van der Waals surface area contributed by atoms with Crippen molar-refractivity contribution in [3.05, 3.63) is 64.7 Å². The van der Waals surface area contributed by atoms with Crippen molar-refractivity contribution < 1.29 is 9.59 Å². The Morgan fingerprint density at radius 1 is 1.29 bits per heavy atom. The first-order chi connectivity index (χ1) is 11.6. The Kier molecular flexibility index (Phi) is 4.67. The summed E-state index contributed by atoms with van der Waals surface area (Å²) in [6, 6.07) is 12.8. The van der Waals surface area contributed by atoms with Gasteiger partial charge in [0.1, 0.15) is 0 Å². The summed E-state index contributed by atoms with van der Waals surface area (Å²) >= 11 is 6.05. The number of nitrogens with one attached hydrogen (secondary N) is 1. The largest absolute Gasteiger partial charge is 0.323 e. The monoisotopic (exact) mass is 340 g/mol. The van der Waals surface area contributed by atoms with Crippen LogP contribution in [0.1, 0.15) is 18.1 Å². The van der Waals surface area contributed by atoms with Crippen molar-refractivity contribution in [1.82, 2.24) is 0 Å². The average molecular weight is 341 g/mol. The van der Waals surface area contributed by atoms with Gasteiger partial charge in [-0.1, -0.05) is 29.8 Å². The summed E-state index contributed by atoms with van der Waals surface area (Å²) in [5, 5.41) is 3.41. The molecule has 1 heterocycles. The number of likely N-dealkylation sites (N-methyl/N-ethyl adjacent to an activating group) is 1. The molecule has 1 aliphatic rings. The van der Waals surface area contributed by atoms with E-state index in [-0.39, 0.29) is 11.8 Å². The number of hydrogen-bond acceptors (Lipinski definition) is 2. The molecule has 0 unspecified atom stereocenters. The molecule has 0 saturated heterocycles. The number of amides is 2. The van der Waals surface area contributed by atoms with Gasteiger partial charge in [0.25, 0.3) is 0 Å². The maximum absolute atomic E-state index is 12.1. The molecule has 0 atom stereocenters. The van der Waals surface area contributed by atoms with Crippen LogP contribution < -0.4 is 10.2 Å². The smallest absolute Gasteiger partial charge is 0.248 e. The number of hydrogen-bond donors (Lipinski definition) is 1. The Morgan fingerprint density at radius 2 is 2.08 bits per heavy atom. The Bertz CT molecular complexity index is 830. The summed E-state index contributed by atoms with van der Waals surface area (Å²) in [6.07, 6.45) is 3.49. The van der Waals surface area contributed by atoms with E-state index in [0.717, 1.165) is 16.8 Å². The minimum absolute atomic E-state index is 0.0922. The zero-order valence-corrected chi connectivity index (χ0v) is 14.0. The molecule has 0 aromatic heterocycles. The third-order valence-corrected chi connectivity index (χ3v) is 4.26. The van der Waals surface area contributed by atoms with Crippen LogP contribution in [-0.4, -0.2) is 18.4 Å². The van der Waals surface area contributed by atoms with E-state index in [4.69, 9.17) is 11.6 Å². The number of halogens is 1. The highest BCUT2D eigenvalue weighted by atomic mass is 35.5. The second-order valence-electron chi connectivity index (χ2n) is 5.50. The molecule has 24 heavy (non-hydrogen) atoms. The Hall–Kier alpha value is -2.59. The van der Waals surface area contributed by atoms with Gasteiger partial charge in [0.05, 0.1) is 6.42 Å². The van der Waals surface area contributed by atoms with E-state index >= 15 is 0 Å². The topological polar surface area (TPSA) is 49.4 Å². The van der Waals surface area contributed by atoms with Gasteiger partial charge in [-0.05, 0) is 48.4 Å². The van der Waals surface area contributed by atoms with Crippen LogP contribution in [0.4, 0.5) is 11.4 Å². The minimum atomic E-state index is -0.244. The summed E-state index contributed by atoms with van der Waals surface area (Å²) in [6.45, 7) is 2.60. The van der Waals surface area contributed by atoms with Crippen molar-refractivity contribution in [1.29, 1.82) is 0 Å². The molecule has 2 amide bonds. The second kappa shape index (κ2) is 6.89. The number of benzene rings is 2. The first-order valence-electron chi connectivity index (χ1n) is 7.75. The van der Waals surface area contributed by atoms with Crippen LogP contribution >= 0.6 is 11.6 Å². The van der Waals surface area contributed by atoms with Gasteiger partial charge in [-0.2, -0.15) is 0 Å². The average Bonchev–Trinajstić information content (AvgIpc) is 2.88. The van der Waals surface area contributed by atoms with Gasteiger partial charge in [-0.3, -0.25) is 9.59 Å². The Morgan fingerprint density at radius 3 is 2.83 bits per heavy atom. The van der Waals surface area contributed by atoms with Crippen LogP contribution in [0.25, 0.3) is 6.08 Å². The summed E-state index contributed by atoms with van der Waals surface area (Å²) < 4.78 is 0. The van der Waals surface area contributed by atoms with Gasteiger partial charge in [-0.25, -0.2) is 0 Å². The van der Waals surface area contributed by atoms with Crippen molar-refractivity contribution in [3.8, 4) is 0 Å². The molecule has 1 N–H and O–H groups in total. The molecule has 0 bridgehead atoms. The lowest BCUT2D eigenvalue weighted by Gasteiger charge is -2.14. The fourth-order valence-corrected chi connectivity index (χ4v) is 2.97. The second-order valence-corrected chi connectivity index (χ2v) is 5.91. The van der Waals surface area contributed by atoms with Crippen molar-refractivity contribution in [3.63, 3.8) is 0 Å². The van der Waals surface area contributed by atoms with Crippen molar-refractivity contribution >= 4 is 40.9 Å². The minimum Gasteiger partial charge on any atom is -0.323 e. The first-order valence-corrected chi connectivity index (χ1v) is 8.13. The van der Waals surface area contributed by atoms with Crippen LogP contribution in [0.3, 0.4) is 0 Å². The zero-order chi connectivity index (χ0) is 17.1. The number of fused-ring (bicyclic) bond motifs is 1. The molecule has 0 fully saturated rings. The molecule has 0 saturated carbocycles. The molecular formula is C19H17ClN2O2. The van der Waals surface area contributed by atoms with Gasteiger partial charge in [0, 0.05) is 29.0 Å². The lowest BCUT2D eigenvalue weighted by Crippen LogP contribution is -2.25. The maximum Gasteiger partial charge on any atom is 0.248 e. The van der Waals surface area contributed by atoms with Crippen LogP contribution in [0.5, 0.6) is 0 Å². The van der Waals surface area contributed by atoms with Crippen molar-refractivity contribution in [2.75, 3.05) is 16.8 Å². The molecule has 122 valence electrons. The third-order valence-electron chi connectivity index (χ3n) is 3.92. The highest BCUT2D eigenvalue weighted by Gasteiger charge is 2.25. The fraction of sp³-hybridized carbons (Fsp3) is 0.158. The quantitative estimate of drug-likeness (QED) is 0.858. The van der Waals surface area contributed by atoms with Crippen molar-refractivity contribution in [2.24, 2.45) is 0 Å². The molecule has 0 radical (unpaired) electrons. The van der Waals surface area contributed by atoms with E-state index in [2.05, 4.69) is 5.32 Å². The fourth-order valence-electron chi connectivity index (χ4n) is 2.77. The lowest BCUT2D eigenvalue weighted by atomic mass is 10.1. The predicted molar refractivity (Wildman–Crippen MR) is 97.3 cm³/mol. The lowest BCUT2D eigenvalue weighted by molar-refractivity contribution is -0.117. The van der Waals surface area contributed by atoms with Crippen LogP contribution in [0.15, 0.2) is 48.5 Å². The van der Waals surface area contributed by atoms with Crippen LogP contribution in [-0.2, 0) is 16.0 Å². The normalized spacial score (nSPS) is 13.4. The number of rotatable bonds is 4. The number of carbonyl (C=O) groups excluding carboxylic acids is 2. The third kappa shape index (κ3) is 3.34. The highest BCUT2D eigenvalue weighted by Crippen LogP contribution is 2.31. The van der Waals surface area contributed by atoms with E-state index in [1.807, 2.05) is 37.3 Å². The standard InChI is InChI=1S/C19H17ClN2O2/c1-2-22-17-9-8-15(11-14(17)12-19(22)24)21-18(23)10-7-13-5-3-4-6-16(13)20/h3-11H,2,12H2,1H3,(H,21,23)/b10-7+. The molecule has 3 rings (SSSR count). The molecule has 2 aromatic carbocycles. The number of carbonyl (C=O) groups is 2. The number of nitrogens with zero attached hydrogens (tertiary/aromatic N) is 1. The van der Waals surface area contributed by atoms with Crippen LogP contribution in [0.2, 0.25) is 5.02 Å². The molecule has 5 heteroatoms. The van der Waals surface area contributed by atoms with Crippen molar-refractivity contribution in [2.45, 2.75) is 13.3 Å². The molecular weight excluding hydrogens is 324 g/mol. The van der Waals surface area contributed by atoms with E-state index < -0.39 is 0 Å².